The Hall–Kier alpha value is -1.96. The van der Waals surface area contributed by atoms with Gasteiger partial charge in [0.15, 0.2) is 5.13 Å². The molecule has 0 amide bonds. The zero-order valence-electron chi connectivity index (χ0n) is 14.8. The highest BCUT2D eigenvalue weighted by Crippen LogP contribution is 2.26. The van der Waals surface area contributed by atoms with Crippen LogP contribution in [-0.2, 0) is 6.54 Å². The van der Waals surface area contributed by atoms with Crippen LogP contribution < -0.4 is 9.64 Å². The van der Waals surface area contributed by atoms with Gasteiger partial charge in [-0.25, -0.2) is 9.97 Å². The fourth-order valence-electron chi connectivity index (χ4n) is 3.07. The summed E-state index contributed by atoms with van der Waals surface area (Å²) in [6.07, 6.45) is 1.88. The maximum Gasteiger partial charge on any atom is 0.185 e. The van der Waals surface area contributed by atoms with Gasteiger partial charge in [-0.2, -0.15) is 0 Å². The summed E-state index contributed by atoms with van der Waals surface area (Å²) in [6.45, 7) is 7.77. The van der Waals surface area contributed by atoms with Gasteiger partial charge in [0, 0.05) is 55.2 Å². The molecule has 0 spiro atoms. The summed E-state index contributed by atoms with van der Waals surface area (Å²) in [5.41, 5.74) is 2.31. The molecule has 0 unspecified atom stereocenters. The number of ether oxygens (including phenoxy) is 1. The van der Waals surface area contributed by atoms with Crippen molar-refractivity contribution >= 4 is 27.8 Å². The Morgan fingerprint density at radius 1 is 1.08 bits per heavy atom. The number of anilines is 1. The van der Waals surface area contributed by atoms with Crippen molar-refractivity contribution in [3.05, 3.63) is 46.9 Å². The first kappa shape index (κ1) is 17.5. The molecule has 136 valence electrons. The molecule has 1 saturated heterocycles. The monoisotopic (exact) mass is 386 g/mol. The number of benzene rings is 1. The van der Waals surface area contributed by atoms with E-state index in [0.29, 0.717) is 6.61 Å². The molecule has 1 fully saturated rings. The fraction of sp³-hybridized carbons (Fsp3) is 0.368. The maximum atomic E-state index is 5.51. The molecular formula is C19H22N4OS2. The fourth-order valence-corrected chi connectivity index (χ4v) is 4.58. The van der Waals surface area contributed by atoms with Crippen LogP contribution in [0.25, 0.3) is 10.6 Å². The van der Waals surface area contributed by atoms with E-state index < -0.39 is 0 Å². The van der Waals surface area contributed by atoms with Gasteiger partial charge < -0.3 is 9.64 Å². The third kappa shape index (κ3) is 4.06. The van der Waals surface area contributed by atoms with Crippen molar-refractivity contribution in [2.75, 3.05) is 37.7 Å². The first-order valence-electron chi connectivity index (χ1n) is 8.86. The molecule has 2 aromatic heterocycles. The standard InChI is InChI=1S/C19H22N4OS2/c1-2-24-17-5-3-15(4-6-17)18-21-16(14-26-18)13-22-8-10-23(11-9-22)19-20-7-12-25-19/h3-7,12,14H,2,8-11,13H2,1H3. The Morgan fingerprint density at radius 2 is 1.88 bits per heavy atom. The minimum absolute atomic E-state index is 0.691. The van der Waals surface area contributed by atoms with Crippen LogP contribution >= 0.6 is 22.7 Å². The predicted molar refractivity (Wildman–Crippen MR) is 108 cm³/mol. The summed E-state index contributed by atoms with van der Waals surface area (Å²) in [5.74, 6) is 0.908. The normalized spacial score (nSPS) is 15.3. The minimum atomic E-state index is 0.691. The number of rotatable bonds is 6. The lowest BCUT2D eigenvalue weighted by Gasteiger charge is -2.34. The van der Waals surface area contributed by atoms with Gasteiger partial charge in [-0.1, -0.05) is 0 Å². The van der Waals surface area contributed by atoms with Gasteiger partial charge in [0.25, 0.3) is 0 Å². The molecule has 7 heteroatoms. The molecule has 3 heterocycles. The average molecular weight is 387 g/mol. The molecule has 1 aliphatic rings. The summed E-state index contributed by atoms with van der Waals surface area (Å²) in [5, 5.41) is 6.43. The smallest absolute Gasteiger partial charge is 0.185 e. The quantitative estimate of drug-likeness (QED) is 0.641. The lowest BCUT2D eigenvalue weighted by atomic mass is 10.2. The zero-order chi connectivity index (χ0) is 17.8. The molecule has 5 nitrogen and oxygen atoms in total. The van der Waals surface area contributed by atoms with Gasteiger partial charge in [0.2, 0.25) is 0 Å². The van der Waals surface area contributed by atoms with Crippen LogP contribution in [0.15, 0.2) is 41.2 Å². The second-order valence-electron chi connectivity index (χ2n) is 6.18. The largest absolute Gasteiger partial charge is 0.494 e. The van der Waals surface area contributed by atoms with Crippen molar-refractivity contribution in [3.8, 4) is 16.3 Å². The molecule has 4 rings (SSSR count). The Morgan fingerprint density at radius 3 is 2.58 bits per heavy atom. The molecule has 0 N–H and O–H groups in total. The van der Waals surface area contributed by atoms with Crippen LogP contribution in [0, 0.1) is 0 Å². The van der Waals surface area contributed by atoms with E-state index in [1.165, 1.54) is 0 Å². The van der Waals surface area contributed by atoms with Crippen molar-refractivity contribution in [2.45, 2.75) is 13.5 Å². The van der Waals surface area contributed by atoms with Gasteiger partial charge in [-0.3, -0.25) is 4.90 Å². The van der Waals surface area contributed by atoms with E-state index in [4.69, 9.17) is 9.72 Å². The third-order valence-electron chi connectivity index (χ3n) is 4.41. The van der Waals surface area contributed by atoms with Gasteiger partial charge in [0.05, 0.1) is 12.3 Å². The minimum Gasteiger partial charge on any atom is -0.494 e. The van der Waals surface area contributed by atoms with Crippen LogP contribution in [0.1, 0.15) is 12.6 Å². The molecule has 26 heavy (non-hydrogen) atoms. The molecule has 1 aliphatic heterocycles. The lowest BCUT2D eigenvalue weighted by Crippen LogP contribution is -2.45. The van der Waals surface area contributed by atoms with E-state index >= 15 is 0 Å². The van der Waals surface area contributed by atoms with E-state index in [9.17, 15) is 0 Å². The van der Waals surface area contributed by atoms with Gasteiger partial charge >= 0.3 is 0 Å². The molecule has 0 saturated carbocycles. The van der Waals surface area contributed by atoms with E-state index in [0.717, 1.165) is 59.9 Å². The molecule has 3 aromatic rings. The van der Waals surface area contributed by atoms with Crippen molar-refractivity contribution in [1.29, 1.82) is 0 Å². The Bertz CT molecular complexity index is 808. The second-order valence-corrected chi connectivity index (χ2v) is 7.91. The third-order valence-corrected chi connectivity index (χ3v) is 6.18. The van der Waals surface area contributed by atoms with E-state index in [1.54, 1.807) is 22.7 Å². The Kier molecular flexibility index (Phi) is 5.48. The molecule has 0 aliphatic carbocycles. The van der Waals surface area contributed by atoms with Gasteiger partial charge in [0.1, 0.15) is 10.8 Å². The number of hydrogen-bond donors (Lipinski definition) is 0. The van der Waals surface area contributed by atoms with E-state index in [-0.39, 0.29) is 0 Å². The summed E-state index contributed by atoms with van der Waals surface area (Å²) < 4.78 is 5.51. The molecule has 0 radical (unpaired) electrons. The number of hydrogen-bond acceptors (Lipinski definition) is 7. The second kappa shape index (κ2) is 8.16. The first-order chi connectivity index (χ1) is 12.8. The molecular weight excluding hydrogens is 364 g/mol. The van der Waals surface area contributed by atoms with Gasteiger partial charge in [-0.15, -0.1) is 22.7 Å². The maximum absolute atomic E-state index is 5.51. The summed E-state index contributed by atoms with van der Waals surface area (Å²) in [4.78, 5) is 14.1. The number of thiazole rings is 2. The summed E-state index contributed by atoms with van der Waals surface area (Å²) in [7, 11) is 0. The topological polar surface area (TPSA) is 41.5 Å². The van der Waals surface area contributed by atoms with Gasteiger partial charge in [-0.05, 0) is 31.2 Å². The summed E-state index contributed by atoms with van der Waals surface area (Å²) in [6, 6.07) is 8.19. The molecule has 1 aromatic carbocycles. The van der Waals surface area contributed by atoms with Crippen molar-refractivity contribution in [3.63, 3.8) is 0 Å². The Balaban J connectivity index is 1.34. The van der Waals surface area contributed by atoms with Crippen LogP contribution in [0.2, 0.25) is 0 Å². The lowest BCUT2D eigenvalue weighted by molar-refractivity contribution is 0.247. The van der Waals surface area contributed by atoms with Crippen LogP contribution in [0.3, 0.4) is 0 Å². The highest BCUT2D eigenvalue weighted by molar-refractivity contribution is 7.13. The van der Waals surface area contributed by atoms with Crippen molar-refractivity contribution in [1.82, 2.24) is 14.9 Å². The SMILES string of the molecule is CCOc1ccc(-c2nc(CN3CCN(c4nccs4)CC3)cs2)cc1. The number of aromatic nitrogens is 2. The first-order valence-corrected chi connectivity index (χ1v) is 10.6. The van der Waals surface area contributed by atoms with Crippen LogP contribution in [-0.4, -0.2) is 47.7 Å². The van der Waals surface area contributed by atoms with Crippen LogP contribution in [0.5, 0.6) is 5.75 Å². The predicted octanol–water partition coefficient (Wildman–Crippen LogP) is 3.99. The number of piperazine rings is 1. The Labute approximate surface area is 161 Å². The highest BCUT2D eigenvalue weighted by atomic mass is 32.1. The van der Waals surface area contributed by atoms with Crippen molar-refractivity contribution in [2.24, 2.45) is 0 Å². The van der Waals surface area contributed by atoms with Crippen molar-refractivity contribution < 1.29 is 4.74 Å². The summed E-state index contributed by atoms with van der Waals surface area (Å²) >= 11 is 3.43. The van der Waals surface area contributed by atoms with E-state index in [2.05, 4.69) is 32.3 Å². The highest BCUT2D eigenvalue weighted by Gasteiger charge is 2.19. The molecule has 0 bridgehead atoms. The zero-order valence-corrected chi connectivity index (χ0v) is 16.4. The number of nitrogens with zero attached hydrogens (tertiary/aromatic N) is 4. The van der Waals surface area contributed by atoms with Crippen LogP contribution in [0.4, 0.5) is 5.13 Å². The van der Waals surface area contributed by atoms with E-state index in [1.807, 2.05) is 30.6 Å². The molecule has 0 atom stereocenters. The average Bonchev–Trinajstić information content (AvgIpc) is 3.36.